The van der Waals surface area contributed by atoms with Crippen molar-refractivity contribution in [3.05, 3.63) is 0 Å². The number of aliphatic carboxylic acids is 1. The van der Waals surface area contributed by atoms with Crippen molar-refractivity contribution in [1.82, 2.24) is 4.72 Å². The first-order valence-corrected chi connectivity index (χ1v) is 7.04. The Morgan fingerprint density at radius 3 is 2.50 bits per heavy atom. The van der Waals surface area contributed by atoms with Gasteiger partial charge in [-0.3, -0.25) is 4.79 Å². The van der Waals surface area contributed by atoms with E-state index in [2.05, 4.69) is 4.72 Å². The summed E-state index contributed by atoms with van der Waals surface area (Å²) in [5, 5.41) is 8.52. The zero-order valence-electron chi connectivity index (χ0n) is 9.05. The number of nitrogens with two attached hydrogens (primary N) is 1. The molecule has 0 aliphatic heterocycles. The molecule has 4 N–H and O–H groups in total. The fraction of sp³-hybridized carbons (Fsp3) is 0.889. The number of carboxylic acids is 1. The van der Waals surface area contributed by atoms with Gasteiger partial charge in [0.1, 0.15) is 6.04 Å². The molecular formula is C9H18N2O4S. The summed E-state index contributed by atoms with van der Waals surface area (Å²) in [5.41, 5.74) is 5.24. The van der Waals surface area contributed by atoms with Gasteiger partial charge in [0.05, 0.1) is 5.75 Å². The summed E-state index contributed by atoms with van der Waals surface area (Å²) >= 11 is 0. The number of nitrogens with one attached hydrogen (secondary N) is 1. The SMILES string of the molecule is N[C@@H](CCS(=O)(=O)NC1CCCC1)C(=O)O. The number of rotatable bonds is 6. The minimum atomic E-state index is -3.39. The van der Waals surface area contributed by atoms with Gasteiger partial charge in [0.15, 0.2) is 0 Å². The van der Waals surface area contributed by atoms with Crippen LogP contribution in [0.2, 0.25) is 0 Å². The number of carboxylic acid groups (broad SMARTS) is 1. The average Bonchev–Trinajstić information content (AvgIpc) is 2.65. The van der Waals surface area contributed by atoms with Gasteiger partial charge in [-0.05, 0) is 19.3 Å². The summed E-state index contributed by atoms with van der Waals surface area (Å²) in [6.07, 6.45) is 3.76. The quantitative estimate of drug-likeness (QED) is 0.597. The summed E-state index contributed by atoms with van der Waals surface area (Å²) < 4.78 is 25.7. The third-order valence-electron chi connectivity index (χ3n) is 2.72. The van der Waals surface area contributed by atoms with E-state index >= 15 is 0 Å². The summed E-state index contributed by atoms with van der Waals surface area (Å²) in [7, 11) is -3.39. The standard InChI is InChI=1S/C9H18N2O4S/c10-8(9(12)13)5-6-16(14,15)11-7-3-1-2-4-7/h7-8,11H,1-6,10H2,(H,12,13)/t8-/m0/s1. The number of sulfonamides is 1. The molecule has 0 unspecified atom stereocenters. The van der Waals surface area contributed by atoms with Gasteiger partial charge in [-0.15, -0.1) is 0 Å². The van der Waals surface area contributed by atoms with Gasteiger partial charge in [0.25, 0.3) is 0 Å². The highest BCUT2D eigenvalue weighted by Crippen LogP contribution is 2.18. The molecule has 0 bridgehead atoms. The van der Waals surface area contributed by atoms with Crippen molar-refractivity contribution in [2.24, 2.45) is 5.73 Å². The number of hydrogen-bond acceptors (Lipinski definition) is 4. The van der Waals surface area contributed by atoms with Crippen molar-refractivity contribution in [2.75, 3.05) is 5.75 Å². The van der Waals surface area contributed by atoms with Crippen LogP contribution in [0.5, 0.6) is 0 Å². The van der Waals surface area contributed by atoms with E-state index in [1.165, 1.54) is 0 Å². The molecule has 94 valence electrons. The molecule has 0 amide bonds. The van der Waals surface area contributed by atoms with Gasteiger partial charge >= 0.3 is 5.97 Å². The average molecular weight is 250 g/mol. The molecule has 1 saturated carbocycles. The van der Waals surface area contributed by atoms with Crippen LogP contribution in [-0.2, 0) is 14.8 Å². The van der Waals surface area contributed by atoms with Crippen LogP contribution >= 0.6 is 0 Å². The zero-order valence-corrected chi connectivity index (χ0v) is 9.87. The molecule has 0 spiro atoms. The van der Waals surface area contributed by atoms with Gasteiger partial charge in [0.2, 0.25) is 10.0 Å². The maximum absolute atomic E-state index is 11.6. The summed E-state index contributed by atoms with van der Waals surface area (Å²) in [5.74, 6) is -1.40. The highest BCUT2D eigenvalue weighted by atomic mass is 32.2. The smallest absolute Gasteiger partial charge is 0.320 e. The predicted octanol–water partition coefficient (Wildman–Crippen LogP) is -0.350. The van der Waals surface area contributed by atoms with E-state index < -0.39 is 22.0 Å². The van der Waals surface area contributed by atoms with Gasteiger partial charge in [-0.25, -0.2) is 13.1 Å². The van der Waals surface area contributed by atoms with Crippen LogP contribution in [0.25, 0.3) is 0 Å². The molecule has 0 aromatic carbocycles. The van der Waals surface area contributed by atoms with Crippen LogP contribution in [0.15, 0.2) is 0 Å². The zero-order chi connectivity index (χ0) is 12.2. The second kappa shape index (κ2) is 5.60. The van der Waals surface area contributed by atoms with E-state index in [1.54, 1.807) is 0 Å². The maximum Gasteiger partial charge on any atom is 0.320 e. The summed E-state index contributed by atoms with van der Waals surface area (Å²) in [6, 6.07) is -1.09. The third-order valence-corrected chi connectivity index (χ3v) is 4.18. The van der Waals surface area contributed by atoms with E-state index in [1.807, 2.05) is 0 Å². The Kier molecular flexibility index (Phi) is 4.69. The molecule has 0 aromatic rings. The third kappa shape index (κ3) is 4.46. The minimum absolute atomic E-state index is 0.0195. The largest absolute Gasteiger partial charge is 0.480 e. The Balaban J connectivity index is 2.36. The van der Waals surface area contributed by atoms with Crippen molar-refractivity contribution in [2.45, 2.75) is 44.2 Å². The van der Waals surface area contributed by atoms with Gasteiger partial charge in [-0.2, -0.15) is 0 Å². The Bertz CT molecular complexity index is 335. The molecule has 0 heterocycles. The molecule has 1 rings (SSSR count). The Morgan fingerprint density at radius 2 is 2.00 bits per heavy atom. The molecule has 0 radical (unpaired) electrons. The van der Waals surface area contributed by atoms with Crippen LogP contribution in [0.4, 0.5) is 0 Å². The highest BCUT2D eigenvalue weighted by Gasteiger charge is 2.22. The maximum atomic E-state index is 11.6. The lowest BCUT2D eigenvalue weighted by Crippen LogP contribution is -2.38. The van der Waals surface area contributed by atoms with Crippen molar-refractivity contribution >= 4 is 16.0 Å². The minimum Gasteiger partial charge on any atom is -0.480 e. The van der Waals surface area contributed by atoms with E-state index in [9.17, 15) is 13.2 Å². The predicted molar refractivity (Wildman–Crippen MR) is 59.4 cm³/mol. The van der Waals surface area contributed by atoms with Crippen LogP contribution in [-0.4, -0.2) is 37.3 Å². The molecule has 6 nitrogen and oxygen atoms in total. The summed E-state index contributed by atoms with van der Waals surface area (Å²) in [4.78, 5) is 10.4. The fourth-order valence-electron chi connectivity index (χ4n) is 1.76. The van der Waals surface area contributed by atoms with E-state index in [-0.39, 0.29) is 18.2 Å². The van der Waals surface area contributed by atoms with Crippen molar-refractivity contribution in [1.29, 1.82) is 0 Å². The lowest BCUT2D eigenvalue weighted by atomic mass is 10.2. The highest BCUT2D eigenvalue weighted by molar-refractivity contribution is 7.89. The molecule has 7 heteroatoms. The van der Waals surface area contributed by atoms with Crippen LogP contribution in [0, 0.1) is 0 Å². The van der Waals surface area contributed by atoms with Crippen molar-refractivity contribution in [3.8, 4) is 0 Å². The second-order valence-electron chi connectivity index (χ2n) is 4.15. The normalized spacial score (nSPS) is 19.8. The van der Waals surface area contributed by atoms with E-state index in [4.69, 9.17) is 10.8 Å². The first-order valence-electron chi connectivity index (χ1n) is 5.39. The number of hydrogen-bond donors (Lipinski definition) is 3. The van der Waals surface area contributed by atoms with Crippen molar-refractivity contribution in [3.63, 3.8) is 0 Å². The Labute approximate surface area is 95.3 Å². The van der Waals surface area contributed by atoms with Crippen molar-refractivity contribution < 1.29 is 18.3 Å². The molecule has 1 fully saturated rings. The van der Waals surface area contributed by atoms with Gasteiger partial charge in [0, 0.05) is 6.04 Å². The first kappa shape index (κ1) is 13.4. The monoisotopic (exact) mass is 250 g/mol. The topological polar surface area (TPSA) is 109 Å². The van der Waals surface area contributed by atoms with Gasteiger partial charge in [-0.1, -0.05) is 12.8 Å². The molecule has 1 aliphatic rings. The Hall–Kier alpha value is -0.660. The summed E-state index contributed by atoms with van der Waals surface area (Å²) in [6.45, 7) is 0. The van der Waals surface area contributed by atoms with E-state index in [0.717, 1.165) is 25.7 Å². The van der Waals surface area contributed by atoms with E-state index in [0.29, 0.717) is 0 Å². The van der Waals surface area contributed by atoms with Crippen LogP contribution in [0.3, 0.4) is 0 Å². The van der Waals surface area contributed by atoms with Crippen LogP contribution in [0.1, 0.15) is 32.1 Å². The molecular weight excluding hydrogens is 232 g/mol. The molecule has 16 heavy (non-hydrogen) atoms. The second-order valence-corrected chi connectivity index (χ2v) is 6.02. The number of carbonyl (C=O) groups is 1. The Morgan fingerprint density at radius 1 is 1.44 bits per heavy atom. The molecule has 1 atom stereocenters. The molecule has 0 saturated heterocycles. The lowest BCUT2D eigenvalue weighted by molar-refractivity contribution is -0.138. The first-order chi connectivity index (χ1) is 7.41. The molecule has 1 aliphatic carbocycles. The molecule has 0 aromatic heterocycles. The lowest BCUT2D eigenvalue weighted by Gasteiger charge is -2.13. The fourth-order valence-corrected chi connectivity index (χ4v) is 3.19. The van der Waals surface area contributed by atoms with Crippen LogP contribution < -0.4 is 10.5 Å². The van der Waals surface area contributed by atoms with Gasteiger partial charge < -0.3 is 10.8 Å².